The summed E-state index contributed by atoms with van der Waals surface area (Å²) >= 11 is 1.51. The Balaban J connectivity index is 1.54. The Labute approximate surface area is 161 Å². The van der Waals surface area contributed by atoms with E-state index in [2.05, 4.69) is 26.3 Å². The van der Waals surface area contributed by atoms with Gasteiger partial charge in [0.15, 0.2) is 10.8 Å². The van der Waals surface area contributed by atoms with Gasteiger partial charge in [0.2, 0.25) is 5.91 Å². The van der Waals surface area contributed by atoms with Gasteiger partial charge in [0, 0.05) is 19.3 Å². The highest BCUT2D eigenvalue weighted by Crippen LogP contribution is 2.34. The molecule has 1 fully saturated rings. The van der Waals surface area contributed by atoms with Gasteiger partial charge in [-0.1, -0.05) is 41.7 Å². The summed E-state index contributed by atoms with van der Waals surface area (Å²) in [4.78, 5) is 23.7. The number of pyridine rings is 1. The minimum absolute atomic E-state index is 0.0259. The third-order valence-corrected chi connectivity index (χ3v) is 6.09. The summed E-state index contributed by atoms with van der Waals surface area (Å²) in [5.74, 6) is 0.0259. The predicted molar refractivity (Wildman–Crippen MR) is 106 cm³/mol. The summed E-state index contributed by atoms with van der Waals surface area (Å²) in [6.45, 7) is 3.24. The van der Waals surface area contributed by atoms with Crippen LogP contribution in [0.1, 0.15) is 29.5 Å². The van der Waals surface area contributed by atoms with Gasteiger partial charge in [-0.25, -0.2) is 4.98 Å². The molecule has 27 heavy (non-hydrogen) atoms. The average molecular weight is 377 g/mol. The molecule has 0 radical (unpaired) electrons. The number of carbonyl (C=O) groups excluding carboxylic acids is 1. The molecule has 1 unspecified atom stereocenters. The summed E-state index contributed by atoms with van der Waals surface area (Å²) in [5, 5.41) is 13.0. The zero-order valence-corrected chi connectivity index (χ0v) is 15.8. The first-order valence-corrected chi connectivity index (χ1v) is 9.73. The molecule has 2 aromatic heterocycles. The highest BCUT2D eigenvalue weighted by Gasteiger charge is 2.32. The van der Waals surface area contributed by atoms with Gasteiger partial charge in [-0.05, 0) is 30.9 Å². The number of aromatic nitrogens is 2. The van der Waals surface area contributed by atoms with E-state index < -0.39 is 0 Å². The quantitative estimate of drug-likeness (QED) is 0.755. The minimum atomic E-state index is -0.218. The first-order valence-electron chi connectivity index (χ1n) is 8.92. The second-order valence-electron chi connectivity index (χ2n) is 6.61. The molecular weight excluding hydrogens is 358 g/mol. The van der Waals surface area contributed by atoms with Crippen molar-refractivity contribution >= 4 is 32.7 Å². The maximum atomic E-state index is 12.8. The van der Waals surface area contributed by atoms with Crippen molar-refractivity contribution in [2.75, 3.05) is 11.4 Å². The van der Waals surface area contributed by atoms with E-state index >= 15 is 0 Å². The zero-order valence-electron chi connectivity index (χ0n) is 15.0. The largest absolute Gasteiger partial charge is 0.350 e. The van der Waals surface area contributed by atoms with Crippen LogP contribution in [0.15, 0.2) is 36.5 Å². The highest BCUT2D eigenvalue weighted by molar-refractivity contribution is 7.22. The number of amides is 1. The molecule has 1 N–H and O–H groups in total. The molecule has 3 heterocycles. The minimum Gasteiger partial charge on any atom is -0.350 e. The van der Waals surface area contributed by atoms with Crippen molar-refractivity contribution in [2.45, 2.75) is 32.4 Å². The Morgan fingerprint density at radius 3 is 3.00 bits per heavy atom. The lowest BCUT2D eigenvalue weighted by Gasteiger charge is -2.23. The highest BCUT2D eigenvalue weighted by atomic mass is 32.1. The molecule has 1 aromatic carbocycles. The van der Waals surface area contributed by atoms with Crippen molar-refractivity contribution in [3.8, 4) is 6.07 Å². The second-order valence-corrected chi connectivity index (χ2v) is 7.59. The van der Waals surface area contributed by atoms with Crippen molar-refractivity contribution in [1.82, 2.24) is 15.3 Å². The topological polar surface area (TPSA) is 81.9 Å². The Kier molecular flexibility index (Phi) is 4.73. The number of aryl methyl sites for hydroxylation is 1. The van der Waals surface area contributed by atoms with Gasteiger partial charge in [-0.3, -0.25) is 4.79 Å². The lowest BCUT2D eigenvalue weighted by Crippen LogP contribution is -2.43. The number of benzene rings is 1. The molecule has 4 rings (SSSR count). The Morgan fingerprint density at radius 1 is 1.41 bits per heavy atom. The molecule has 1 aliphatic heterocycles. The van der Waals surface area contributed by atoms with Crippen LogP contribution < -0.4 is 10.2 Å². The molecule has 3 aromatic rings. The van der Waals surface area contributed by atoms with Crippen molar-refractivity contribution in [3.05, 3.63) is 53.2 Å². The molecule has 1 amide bonds. The molecule has 0 saturated carbocycles. The van der Waals surface area contributed by atoms with Crippen LogP contribution in [-0.2, 0) is 11.3 Å². The maximum Gasteiger partial charge on any atom is 0.243 e. The van der Waals surface area contributed by atoms with Gasteiger partial charge >= 0.3 is 0 Å². The lowest BCUT2D eigenvalue weighted by atomic mass is 10.2. The van der Waals surface area contributed by atoms with Gasteiger partial charge in [-0.15, -0.1) is 0 Å². The number of thiazole rings is 1. The first kappa shape index (κ1) is 17.4. The number of hydrogen-bond donors (Lipinski definition) is 1. The van der Waals surface area contributed by atoms with Crippen LogP contribution >= 0.6 is 11.3 Å². The van der Waals surface area contributed by atoms with Gasteiger partial charge in [-0.2, -0.15) is 10.2 Å². The third kappa shape index (κ3) is 3.36. The normalized spacial score (nSPS) is 16.4. The molecule has 0 aliphatic carbocycles. The van der Waals surface area contributed by atoms with Crippen LogP contribution in [0.25, 0.3) is 10.3 Å². The molecule has 136 valence electrons. The van der Waals surface area contributed by atoms with Gasteiger partial charge < -0.3 is 10.2 Å². The van der Waals surface area contributed by atoms with E-state index in [1.165, 1.54) is 11.3 Å². The van der Waals surface area contributed by atoms with E-state index in [1.807, 2.05) is 37.3 Å². The fourth-order valence-corrected chi connectivity index (χ4v) is 4.49. The predicted octanol–water partition coefficient (Wildman–Crippen LogP) is 3.16. The standard InChI is InChI=1S/C20H19N5OS/c1-13-15(10-21)12-22-18-17(13)27-20(24-18)25-9-5-8-16(25)19(26)23-11-14-6-3-2-4-7-14/h2-4,6-7,12,16H,5,8-9,11H2,1H3,(H,23,26). The van der Waals surface area contributed by atoms with E-state index in [1.54, 1.807) is 6.20 Å². The van der Waals surface area contributed by atoms with Crippen molar-refractivity contribution in [2.24, 2.45) is 0 Å². The summed E-state index contributed by atoms with van der Waals surface area (Å²) in [6.07, 6.45) is 3.33. The third-order valence-electron chi connectivity index (χ3n) is 4.89. The fraction of sp³-hybridized carbons (Fsp3) is 0.300. The fourth-order valence-electron chi connectivity index (χ4n) is 3.38. The average Bonchev–Trinajstić information content (AvgIpc) is 3.34. The van der Waals surface area contributed by atoms with Crippen LogP contribution in [0.3, 0.4) is 0 Å². The van der Waals surface area contributed by atoms with E-state index in [9.17, 15) is 10.1 Å². The van der Waals surface area contributed by atoms with Crippen molar-refractivity contribution < 1.29 is 4.79 Å². The van der Waals surface area contributed by atoms with Gasteiger partial charge in [0.05, 0.1) is 10.3 Å². The van der Waals surface area contributed by atoms with Crippen LogP contribution in [0.2, 0.25) is 0 Å². The number of nitrogens with one attached hydrogen (secondary N) is 1. The van der Waals surface area contributed by atoms with Gasteiger partial charge in [0.25, 0.3) is 0 Å². The summed E-state index contributed by atoms with van der Waals surface area (Å²) in [6, 6.07) is 11.8. The Bertz CT molecular complexity index is 1020. The number of nitrogens with zero attached hydrogens (tertiary/aromatic N) is 4. The van der Waals surface area contributed by atoms with E-state index in [0.29, 0.717) is 17.8 Å². The summed E-state index contributed by atoms with van der Waals surface area (Å²) < 4.78 is 0.916. The number of fused-ring (bicyclic) bond motifs is 1. The van der Waals surface area contributed by atoms with Gasteiger partial charge in [0.1, 0.15) is 12.1 Å². The van der Waals surface area contributed by atoms with Crippen molar-refractivity contribution in [3.63, 3.8) is 0 Å². The second kappa shape index (κ2) is 7.33. The maximum absolute atomic E-state index is 12.8. The monoisotopic (exact) mass is 377 g/mol. The molecular formula is C20H19N5OS. The van der Waals surface area contributed by atoms with Crippen molar-refractivity contribution in [1.29, 1.82) is 5.26 Å². The van der Waals surface area contributed by atoms with E-state index in [4.69, 9.17) is 0 Å². The first-order chi connectivity index (χ1) is 13.2. The van der Waals surface area contributed by atoms with E-state index in [0.717, 1.165) is 40.3 Å². The van der Waals surface area contributed by atoms with Crippen LogP contribution in [0.4, 0.5) is 5.13 Å². The summed E-state index contributed by atoms with van der Waals surface area (Å²) in [7, 11) is 0. The Morgan fingerprint density at radius 2 is 2.22 bits per heavy atom. The van der Waals surface area contributed by atoms with E-state index in [-0.39, 0.29) is 11.9 Å². The molecule has 0 bridgehead atoms. The smallest absolute Gasteiger partial charge is 0.243 e. The molecule has 1 aliphatic rings. The lowest BCUT2D eigenvalue weighted by molar-refractivity contribution is -0.122. The van der Waals surface area contributed by atoms with Crippen LogP contribution in [-0.4, -0.2) is 28.5 Å². The zero-order chi connectivity index (χ0) is 18.8. The number of carbonyl (C=O) groups is 1. The molecule has 6 nitrogen and oxygen atoms in total. The van der Waals surface area contributed by atoms with Crippen LogP contribution in [0.5, 0.6) is 0 Å². The van der Waals surface area contributed by atoms with Crippen LogP contribution in [0, 0.1) is 18.3 Å². The number of hydrogen-bond acceptors (Lipinski definition) is 6. The number of nitriles is 1. The SMILES string of the molecule is Cc1c(C#N)cnc2nc(N3CCCC3C(=O)NCc3ccccc3)sc12. The molecule has 1 saturated heterocycles. The molecule has 7 heteroatoms. The molecule has 1 atom stereocenters. The number of rotatable bonds is 4. The Hall–Kier alpha value is -2.98. The summed E-state index contributed by atoms with van der Waals surface area (Å²) in [5.41, 5.74) is 3.19. The number of anilines is 1. The molecule has 0 spiro atoms.